The van der Waals surface area contributed by atoms with Crippen LogP contribution in [0.15, 0.2) is 85.0 Å². The standard InChI is InChI=1S/C28H33ClN4/c1-2-22(8-5-6-17-30)23-15-20-32(21-16-23)18-7-19-33-27-10-4-3-9-26(27)31-28(33)24-11-13-25(29)14-12-24/h2-6,8-14,23H,1,7,15-21,30H2/b6-5-,22-8+. The molecule has 1 fully saturated rings. The highest BCUT2D eigenvalue weighted by Gasteiger charge is 2.21. The van der Waals surface area contributed by atoms with Gasteiger partial charge >= 0.3 is 0 Å². The quantitative estimate of drug-likeness (QED) is 0.393. The van der Waals surface area contributed by atoms with E-state index in [0.29, 0.717) is 12.5 Å². The molecule has 2 heterocycles. The molecule has 172 valence electrons. The van der Waals surface area contributed by atoms with E-state index < -0.39 is 0 Å². The summed E-state index contributed by atoms with van der Waals surface area (Å²) in [6.45, 7) is 8.89. The van der Waals surface area contributed by atoms with Crippen molar-refractivity contribution < 1.29 is 0 Å². The zero-order valence-electron chi connectivity index (χ0n) is 19.2. The first-order chi connectivity index (χ1) is 16.2. The van der Waals surface area contributed by atoms with E-state index in [1.165, 1.54) is 23.9 Å². The number of para-hydroxylation sites is 2. The number of rotatable bonds is 9. The maximum atomic E-state index is 6.11. The number of halogens is 1. The zero-order chi connectivity index (χ0) is 23.0. The molecule has 33 heavy (non-hydrogen) atoms. The van der Waals surface area contributed by atoms with Gasteiger partial charge in [0.1, 0.15) is 5.82 Å². The van der Waals surface area contributed by atoms with Gasteiger partial charge in [0.05, 0.1) is 11.0 Å². The Bertz CT molecular complexity index is 1120. The minimum absolute atomic E-state index is 0.575. The Morgan fingerprint density at radius 1 is 1.09 bits per heavy atom. The number of aryl methyl sites for hydroxylation is 1. The minimum Gasteiger partial charge on any atom is -0.327 e. The molecule has 0 atom stereocenters. The number of likely N-dealkylation sites (tertiary alicyclic amines) is 1. The summed E-state index contributed by atoms with van der Waals surface area (Å²) < 4.78 is 2.35. The summed E-state index contributed by atoms with van der Waals surface area (Å²) in [7, 11) is 0. The van der Waals surface area contributed by atoms with Crippen LogP contribution in [-0.4, -0.2) is 40.6 Å². The van der Waals surface area contributed by atoms with Gasteiger partial charge in [0.25, 0.3) is 0 Å². The molecule has 0 saturated carbocycles. The largest absolute Gasteiger partial charge is 0.327 e. The van der Waals surface area contributed by atoms with Gasteiger partial charge in [-0.15, -0.1) is 0 Å². The Morgan fingerprint density at radius 3 is 2.58 bits per heavy atom. The monoisotopic (exact) mass is 460 g/mol. The van der Waals surface area contributed by atoms with Gasteiger partial charge in [-0.05, 0) is 86.8 Å². The lowest BCUT2D eigenvalue weighted by molar-refractivity contribution is 0.196. The molecule has 4 nitrogen and oxygen atoms in total. The molecule has 3 aromatic rings. The number of nitrogens with two attached hydrogens (primary N) is 1. The fourth-order valence-electron chi connectivity index (χ4n) is 4.69. The predicted molar refractivity (Wildman–Crippen MR) is 140 cm³/mol. The van der Waals surface area contributed by atoms with Crippen molar-refractivity contribution >= 4 is 22.6 Å². The third-order valence-corrected chi connectivity index (χ3v) is 6.72. The van der Waals surface area contributed by atoms with Crippen molar-refractivity contribution in [2.75, 3.05) is 26.2 Å². The molecule has 1 aliphatic rings. The highest BCUT2D eigenvalue weighted by molar-refractivity contribution is 6.30. The molecular weight excluding hydrogens is 428 g/mol. The molecule has 0 unspecified atom stereocenters. The van der Waals surface area contributed by atoms with Gasteiger partial charge in [-0.2, -0.15) is 0 Å². The highest BCUT2D eigenvalue weighted by atomic mass is 35.5. The van der Waals surface area contributed by atoms with Gasteiger partial charge in [0, 0.05) is 23.7 Å². The summed E-state index contributed by atoms with van der Waals surface area (Å²) in [5.41, 5.74) is 10.2. The zero-order valence-corrected chi connectivity index (χ0v) is 19.9. The van der Waals surface area contributed by atoms with E-state index in [0.717, 1.165) is 54.5 Å². The number of allylic oxidation sites excluding steroid dienone is 4. The second-order valence-electron chi connectivity index (χ2n) is 8.59. The fourth-order valence-corrected chi connectivity index (χ4v) is 4.82. The third kappa shape index (κ3) is 5.83. The van der Waals surface area contributed by atoms with Crippen molar-refractivity contribution in [3.8, 4) is 11.4 Å². The van der Waals surface area contributed by atoms with Crippen molar-refractivity contribution in [1.82, 2.24) is 14.5 Å². The smallest absolute Gasteiger partial charge is 0.141 e. The lowest BCUT2D eigenvalue weighted by Crippen LogP contribution is -2.35. The number of aromatic nitrogens is 2. The normalized spacial score (nSPS) is 16.1. The van der Waals surface area contributed by atoms with E-state index in [9.17, 15) is 0 Å². The maximum absolute atomic E-state index is 6.11. The maximum Gasteiger partial charge on any atom is 0.141 e. The van der Waals surface area contributed by atoms with Gasteiger partial charge < -0.3 is 15.2 Å². The molecule has 4 rings (SSSR count). The van der Waals surface area contributed by atoms with E-state index in [1.54, 1.807) is 0 Å². The second kappa shape index (κ2) is 11.5. The van der Waals surface area contributed by atoms with Crippen molar-refractivity contribution in [3.63, 3.8) is 0 Å². The Labute approximate surface area is 202 Å². The average Bonchev–Trinajstić information content (AvgIpc) is 3.22. The number of hydrogen-bond acceptors (Lipinski definition) is 3. The average molecular weight is 461 g/mol. The van der Waals surface area contributed by atoms with Crippen molar-refractivity contribution in [2.24, 2.45) is 11.7 Å². The van der Waals surface area contributed by atoms with E-state index in [1.807, 2.05) is 30.4 Å². The Balaban J connectivity index is 1.38. The van der Waals surface area contributed by atoms with Gasteiger partial charge in [-0.25, -0.2) is 4.98 Å². The van der Waals surface area contributed by atoms with Crippen LogP contribution in [-0.2, 0) is 6.54 Å². The number of piperidine rings is 1. The summed E-state index contributed by atoms with van der Waals surface area (Å²) in [6, 6.07) is 16.4. The van der Waals surface area contributed by atoms with Crippen LogP contribution in [0.4, 0.5) is 0 Å². The van der Waals surface area contributed by atoms with Crippen LogP contribution in [0.3, 0.4) is 0 Å². The molecule has 0 aliphatic carbocycles. The molecule has 2 aromatic carbocycles. The highest BCUT2D eigenvalue weighted by Crippen LogP contribution is 2.28. The van der Waals surface area contributed by atoms with Crippen LogP contribution in [0.1, 0.15) is 19.3 Å². The molecular formula is C28H33ClN4. The van der Waals surface area contributed by atoms with E-state index in [-0.39, 0.29) is 0 Å². The molecule has 2 N–H and O–H groups in total. The summed E-state index contributed by atoms with van der Waals surface area (Å²) in [6.07, 6.45) is 11.7. The second-order valence-corrected chi connectivity index (χ2v) is 9.02. The van der Waals surface area contributed by atoms with Gasteiger partial charge in [0.2, 0.25) is 0 Å². The van der Waals surface area contributed by atoms with E-state index in [2.05, 4.69) is 58.5 Å². The van der Waals surface area contributed by atoms with Crippen molar-refractivity contribution in [2.45, 2.75) is 25.8 Å². The number of imidazole rings is 1. The molecule has 0 bridgehead atoms. The summed E-state index contributed by atoms with van der Waals surface area (Å²) in [4.78, 5) is 7.52. The topological polar surface area (TPSA) is 47.1 Å². The molecule has 1 aromatic heterocycles. The Morgan fingerprint density at radius 2 is 1.85 bits per heavy atom. The number of hydrogen-bond donors (Lipinski definition) is 1. The number of fused-ring (bicyclic) bond motifs is 1. The molecule has 0 amide bonds. The summed E-state index contributed by atoms with van der Waals surface area (Å²) in [5, 5.41) is 0.745. The number of benzene rings is 2. The summed E-state index contributed by atoms with van der Waals surface area (Å²) in [5.74, 6) is 1.60. The van der Waals surface area contributed by atoms with Crippen LogP contribution < -0.4 is 5.73 Å². The fraction of sp³-hybridized carbons (Fsp3) is 0.321. The SMILES string of the molecule is C=C/C(=C\C=C/CN)C1CCN(CCCn2c(-c3ccc(Cl)cc3)nc3ccccc32)CC1. The van der Waals surface area contributed by atoms with Crippen LogP contribution >= 0.6 is 11.6 Å². The Hall–Kier alpha value is -2.66. The van der Waals surface area contributed by atoms with Gasteiger partial charge in [0.15, 0.2) is 0 Å². The van der Waals surface area contributed by atoms with Crippen molar-refractivity contribution in [3.05, 3.63) is 90.0 Å². The van der Waals surface area contributed by atoms with E-state index in [4.69, 9.17) is 22.3 Å². The third-order valence-electron chi connectivity index (χ3n) is 6.47. The minimum atomic E-state index is 0.575. The van der Waals surface area contributed by atoms with Crippen molar-refractivity contribution in [1.29, 1.82) is 0 Å². The molecule has 0 spiro atoms. The lowest BCUT2D eigenvalue weighted by Gasteiger charge is -2.32. The molecule has 5 heteroatoms. The number of nitrogens with zero attached hydrogens (tertiary/aromatic N) is 3. The Kier molecular flexibility index (Phi) is 8.16. The van der Waals surface area contributed by atoms with Crippen LogP contribution in [0.2, 0.25) is 5.02 Å². The van der Waals surface area contributed by atoms with Gasteiger partial charge in [-0.3, -0.25) is 0 Å². The first-order valence-electron chi connectivity index (χ1n) is 11.8. The lowest BCUT2D eigenvalue weighted by atomic mass is 9.88. The predicted octanol–water partition coefficient (Wildman–Crippen LogP) is 6.09. The molecule has 1 saturated heterocycles. The first kappa shape index (κ1) is 23.5. The van der Waals surface area contributed by atoms with Crippen LogP contribution in [0.25, 0.3) is 22.4 Å². The summed E-state index contributed by atoms with van der Waals surface area (Å²) >= 11 is 6.11. The molecule has 0 radical (unpaired) electrons. The molecule has 1 aliphatic heterocycles. The van der Waals surface area contributed by atoms with E-state index >= 15 is 0 Å². The van der Waals surface area contributed by atoms with Crippen LogP contribution in [0, 0.1) is 5.92 Å². The van der Waals surface area contributed by atoms with Gasteiger partial charge in [-0.1, -0.05) is 54.6 Å². The van der Waals surface area contributed by atoms with Crippen LogP contribution in [0.5, 0.6) is 0 Å². The first-order valence-corrected chi connectivity index (χ1v) is 12.2.